The molecule has 0 amide bonds. The third-order valence-electron chi connectivity index (χ3n) is 9.40. The predicted octanol–water partition coefficient (Wildman–Crippen LogP) is 3.56. The molecule has 3 fully saturated rings. The van der Waals surface area contributed by atoms with Crippen LogP contribution in [0.25, 0.3) is 0 Å². The van der Waals surface area contributed by atoms with Crippen LogP contribution in [0.5, 0.6) is 0 Å². The number of carbonyl (C=O) groups excluding carboxylic acids is 4. The van der Waals surface area contributed by atoms with Crippen molar-refractivity contribution in [1.82, 2.24) is 0 Å². The normalized spacial score (nSPS) is 39.7. The Balaban J connectivity index is 1.65. The molecule has 192 valence electrons. The van der Waals surface area contributed by atoms with E-state index in [9.17, 15) is 19.2 Å². The lowest BCUT2D eigenvalue weighted by atomic mass is 9.45. The van der Waals surface area contributed by atoms with E-state index in [1.807, 2.05) is 6.08 Å². The average Bonchev–Trinajstić information content (AvgIpc) is 3.15. The van der Waals surface area contributed by atoms with E-state index < -0.39 is 22.2 Å². The van der Waals surface area contributed by atoms with Gasteiger partial charge in [-0.25, -0.2) is 0 Å². The maximum atomic E-state index is 13.0. The summed E-state index contributed by atoms with van der Waals surface area (Å²) in [6.07, 6.45) is 8.78. The summed E-state index contributed by atoms with van der Waals surface area (Å²) >= 11 is 7.58. The molecule has 4 rings (SSSR count). The van der Waals surface area contributed by atoms with E-state index in [2.05, 4.69) is 13.8 Å². The first-order valence-corrected chi connectivity index (χ1v) is 12.9. The Kier molecular flexibility index (Phi) is 7.06. The summed E-state index contributed by atoms with van der Waals surface area (Å²) in [6, 6.07) is 0. The van der Waals surface area contributed by atoms with Gasteiger partial charge in [-0.1, -0.05) is 19.9 Å². The summed E-state index contributed by atoms with van der Waals surface area (Å²) in [5, 5.41) is 9.06. The van der Waals surface area contributed by atoms with Crippen LogP contribution in [0, 0.1) is 34.5 Å². The molecule has 0 aromatic heterocycles. The zero-order valence-electron chi connectivity index (χ0n) is 20.7. The Bertz CT molecular complexity index is 986. The van der Waals surface area contributed by atoms with Crippen LogP contribution in [-0.4, -0.2) is 53.3 Å². The van der Waals surface area contributed by atoms with Crippen molar-refractivity contribution in [2.24, 2.45) is 34.5 Å². The molecule has 8 heteroatoms. The molecule has 0 aromatic rings. The van der Waals surface area contributed by atoms with Gasteiger partial charge in [-0.2, -0.15) is 0 Å². The smallest absolute Gasteiger partial charge is 0.308 e. The molecule has 1 N–H and O–H groups in total. The fourth-order valence-corrected chi connectivity index (χ4v) is 8.11. The number of Topliss-reactive ketones (excluding diaryl/α,β-unsaturated/α-hetero) is 1. The summed E-state index contributed by atoms with van der Waals surface area (Å²) < 4.78 is 10.5. The maximum Gasteiger partial charge on any atom is 0.308 e. The Morgan fingerprint density at radius 2 is 1.89 bits per heavy atom. The number of esters is 2. The number of hydrogen-bond acceptors (Lipinski definition) is 7. The van der Waals surface area contributed by atoms with Gasteiger partial charge in [0.15, 0.2) is 11.6 Å². The highest BCUT2D eigenvalue weighted by atomic mass is 35.5. The largest absolute Gasteiger partial charge is 0.465 e. The number of aliphatic hydroxyl groups excluding tert-OH is 1. The second-order valence-electron chi connectivity index (χ2n) is 11.1. The third-order valence-corrected chi connectivity index (χ3v) is 10.3. The minimum Gasteiger partial charge on any atom is -0.465 e. The highest BCUT2D eigenvalue weighted by Gasteiger charge is 2.67. The number of rotatable bonds is 7. The fourth-order valence-electron chi connectivity index (χ4n) is 7.60. The molecule has 4 aliphatic rings. The number of ketones is 2. The van der Waals surface area contributed by atoms with E-state index in [1.165, 1.54) is 6.92 Å². The van der Waals surface area contributed by atoms with Gasteiger partial charge in [0.1, 0.15) is 6.61 Å². The lowest BCUT2D eigenvalue weighted by Gasteiger charge is -2.63. The second-order valence-corrected chi connectivity index (χ2v) is 11.8. The number of halogens is 1. The number of fused-ring (bicyclic) bond motifs is 5. The number of aliphatic hydroxyl groups is 1. The molecule has 0 radical (unpaired) electrons. The molecule has 7 nitrogen and oxygen atoms in total. The molecule has 4 aliphatic carbocycles. The highest BCUT2D eigenvalue weighted by Crippen LogP contribution is 2.70. The van der Waals surface area contributed by atoms with Gasteiger partial charge in [-0.3, -0.25) is 19.2 Å². The first-order valence-electron chi connectivity index (χ1n) is 12.5. The van der Waals surface area contributed by atoms with Crippen molar-refractivity contribution in [3.8, 4) is 0 Å². The van der Waals surface area contributed by atoms with E-state index in [4.69, 9.17) is 26.2 Å². The molecule has 0 unspecified atom stereocenters. The highest BCUT2D eigenvalue weighted by molar-refractivity contribution is 6.25. The predicted molar refractivity (Wildman–Crippen MR) is 128 cm³/mol. The monoisotopic (exact) mass is 506 g/mol. The molecule has 0 heterocycles. The molecule has 0 bridgehead atoms. The van der Waals surface area contributed by atoms with Crippen LogP contribution in [0.3, 0.4) is 0 Å². The van der Waals surface area contributed by atoms with Gasteiger partial charge in [0.25, 0.3) is 0 Å². The van der Waals surface area contributed by atoms with Crippen molar-refractivity contribution >= 4 is 35.1 Å². The topological polar surface area (TPSA) is 107 Å². The first kappa shape index (κ1) is 26.1. The Morgan fingerprint density at radius 3 is 2.57 bits per heavy atom. The van der Waals surface area contributed by atoms with E-state index in [0.717, 1.165) is 24.8 Å². The molecule has 0 saturated heterocycles. The molecular formula is C27H35ClO7. The minimum atomic E-state index is -0.625. The Hall–Kier alpha value is -1.99. The molecule has 0 spiro atoms. The van der Waals surface area contributed by atoms with Crippen molar-refractivity contribution in [1.29, 1.82) is 0 Å². The van der Waals surface area contributed by atoms with Crippen molar-refractivity contribution < 1.29 is 33.8 Å². The molecule has 7 atom stereocenters. The molecule has 3 saturated carbocycles. The Morgan fingerprint density at radius 1 is 1.14 bits per heavy atom. The standard InChI is InChI=1S/C27H35ClO7/c1-16(30)34-15-23(32)20-5-4-19-22-12-17(14-35-24(33)7-11-29)21-13-18(31)6-8-26(21,3)27(22,28)10-9-25(19,20)2/h6,8,13,17,19-20,22,29H,4-5,7,9-12,14-15H2,1-3H3/t17-,19+,20-,22+,25+,26+,27-/m1/s1. The van der Waals surface area contributed by atoms with Crippen molar-refractivity contribution in [3.05, 3.63) is 23.8 Å². The zero-order chi connectivity index (χ0) is 25.6. The lowest BCUT2D eigenvalue weighted by Crippen LogP contribution is -2.61. The number of alkyl halides is 1. The average molecular weight is 507 g/mol. The number of ether oxygens (including phenoxy) is 2. The van der Waals surface area contributed by atoms with Crippen LogP contribution in [0.4, 0.5) is 0 Å². The Labute approximate surface area is 211 Å². The molecular weight excluding hydrogens is 472 g/mol. The first-order chi connectivity index (χ1) is 16.5. The van der Waals surface area contributed by atoms with Gasteiger partial charge < -0.3 is 14.6 Å². The van der Waals surface area contributed by atoms with Crippen molar-refractivity contribution in [2.75, 3.05) is 19.8 Å². The van der Waals surface area contributed by atoms with Gasteiger partial charge in [-0.15, -0.1) is 11.6 Å². The van der Waals surface area contributed by atoms with Gasteiger partial charge in [0.2, 0.25) is 0 Å². The van der Waals surface area contributed by atoms with E-state index in [1.54, 1.807) is 12.2 Å². The van der Waals surface area contributed by atoms with Crippen LogP contribution in [-0.2, 0) is 28.7 Å². The second kappa shape index (κ2) is 9.47. The van der Waals surface area contributed by atoms with E-state index >= 15 is 0 Å². The summed E-state index contributed by atoms with van der Waals surface area (Å²) in [5.41, 5.74) is 0.0576. The quantitative estimate of drug-likeness (QED) is 0.415. The van der Waals surface area contributed by atoms with Gasteiger partial charge in [-0.05, 0) is 67.1 Å². The van der Waals surface area contributed by atoms with Gasteiger partial charge in [0, 0.05) is 24.2 Å². The van der Waals surface area contributed by atoms with Crippen molar-refractivity contribution in [3.63, 3.8) is 0 Å². The van der Waals surface area contributed by atoms with E-state index in [-0.39, 0.29) is 66.9 Å². The number of hydrogen-bond donors (Lipinski definition) is 1. The number of allylic oxidation sites excluding steroid dienone is 3. The number of carbonyl (C=O) groups is 4. The summed E-state index contributed by atoms with van der Waals surface area (Å²) in [7, 11) is 0. The summed E-state index contributed by atoms with van der Waals surface area (Å²) in [5.74, 6) is -1.20. The SMILES string of the molecule is CC(=O)OCC(=O)[C@H]1CC[C@H]2[C@@H]3C[C@H](COC(=O)CCO)C4=CC(=O)C=C[C@]4(C)[C@@]3(Cl)CC[C@]12C. The van der Waals surface area contributed by atoms with Crippen LogP contribution < -0.4 is 0 Å². The fraction of sp³-hybridized carbons (Fsp3) is 0.704. The summed E-state index contributed by atoms with van der Waals surface area (Å²) in [6.45, 7) is 5.20. The zero-order valence-corrected chi connectivity index (χ0v) is 21.4. The minimum absolute atomic E-state index is 0.0347. The van der Waals surface area contributed by atoms with Gasteiger partial charge >= 0.3 is 11.9 Å². The molecule has 0 aromatic carbocycles. The molecule has 35 heavy (non-hydrogen) atoms. The van der Waals surface area contributed by atoms with Crippen molar-refractivity contribution in [2.45, 2.75) is 64.2 Å². The van der Waals surface area contributed by atoms with Gasteiger partial charge in [0.05, 0.1) is 24.5 Å². The van der Waals surface area contributed by atoms with Crippen LogP contribution in [0.1, 0.15) is 59.3 Å². The van der Waals surface area contributed by atoms with Crippen LogP contribution in [0.2, 0.25) is 0 Å². The van der Waals surface area contributed by atoms with Crippen LogP contribution >= 0.6 is 11.6 Å². The van der Waals surface area contributed by atoms with E-state index in [0.29, 0.717) is 12.8 Å². The maximum absolute atomic E-state index is 13.0. The molecule has 0 aliphatic heterocycles. The lowest BCUT2D eigenvalue weighted by molar-refractivity contribution is -0.149. The van der Waals surface area contributed by atoms with Crippen LogP contribution in [0.15, 0.2) is 23.8 Å². The third kappa shape index (κ3) is 4.29. The summed E-state index contributed by atoms with van der Waals surface area (Å²) in [4.78, 5) is 48.0.